The van der Waals surface area contributed by atoms with Crippen molar-refractivity contribution in [1.82, 2.24) is 4.98 Å². The average Bonchev–Trinajstić information content (AvgIpc) is 2.89. The maximum Gasteiger partial charge on any atom is 0.227 e. The van der Waals surface area contributed by atoms with Gasteiger partial charge in [0.25, 0.3) is 0 Å². The third-order valence-corrected chi connectivity index (χ3v) is 4.18. The van der Waals surface area contributed by atoms with Crippen molar-refractivity contribution in [1.29, 1.82) is 0 Å². The molecule has 0 aliphatic rings. The second-order valence-corrected chi connectivity index (χ2v) is 8.26. The summed E-state index contributed by atoms with van der Waals surface area (Å²) in [6.45, 7) is 13.4. The van der Waals surface area contributed by atoms with Crippen LogP contribution in [-0.4, -0.2) is 4.98 Å². The van der Waals surface area contributed by atoms with E-state index in [0.717, 1.165) is 16.7 Å². The smallest absolute Gasteiger partial charge is 0.227 e. The minimum absolute atomic E-state index is 0.00695. The third-order valence-electron chi connectivity index (χ3n) is 4.18. The number of benzene rings is 2. The van der Waals surface area contributed by atoms with Crippen molar-refractivity contribution < 1.29 is 4.42 Å². The van der Waals surface area contributed by atoms with Gasteiger partial charge in [-0.15, -0.1) is 0 Å². The largest absolute Gasteiger partial charge is 0.436 e. The number of fused-ring (bicyclic) bond motifs is 1. The molecule has 0 spiro atoms. The van der Waals surface area contributed by atoms with Crippen LogP contribution in [0.3, 0.4) is 0 Å². The summed E-state index contributed by atoms with van der Waals surface area (Å²) in [7, 11) is 0. The molecule has 0 fully saturated rings. The molecule has 0 radical (unpaired) electrons. The Hall–Kier alpha value is -2.09. The summed E-state index contributed by atoms with van der Waals surface area (Å²) in [6, 6.07) is 14.5. The van der Waals surface area contributed by atoms with Crippen LogP contribution in [0.1, 0.15) is 52.7 Å². The van der Waals surface area contributed by atoms with E-state index in [-0.39, 0.29) is 10.8 Å². The van der Waals surface area contributed by atoms with E-state index < -0.39 is 0 Å². The fourth-order valence-electron chi connectivity index (χ4n) is 2.73. The second-order valence-electron chi connectivity index (χ2n) is 8.26. The molecule has 0 aliphatic carbocycles. The van der Waals surface area contributed by atoms with Crippen LogP contribution in [0.5, 0.6) is 0 Å². The maximum atomic E-state index is 6.17. The highest BCUT2D eigenvalue weighted by atomic mass is 16.4. The van der Waals surface area contributed by atoms with Crippen molar-refractivity contribution in [2.24, 2.45) is 0 Å². The fraction of sp³-hybridized carbons (Fsp3) is 0.381. The zero-order valence-electron chi connectivity index (χ0n) is 14.9. The minimum atomic E-state index is 0.00695. The molecule has 0 bridgehead atoms. The van der Waals surface area contributed by atoms with E-state index in [1.807, 2.05) is 30.3 Å². The first-order valence-electron chi connectivity index (χ1n) is 8.17. The van der Waals surface area contributed by atoms with Crippen LogP contribution in [0.25, 0.3) is 22.6 Å². The molecule has 0 saturated carbocycles. The number of aromatic nitrogens is 1. The predicted molar refractivity (Wildman–Crippen MR) is 96.8 cm³/mol. The lowest BCUT2D eigenvalue weighted by atomic mass is 9.80. The summed E-state index contributed by atoms with van der Waals surface area (Å²) in [6.07, 6.45) is 0. The Morgan fingerprint density at radius 2 is 1.48 bits per heavy atom. The predicted octanol–water partition coefficient (Wildman–Crippen LogP) is 6.09. The fourth-order valence-corrected chi connectivity index (χ4v) is 2.73. The molecule has 0 amide bonds. The van der Waals surface area contributed by atoms with Gasteiger partial charge < -0.3 is 4.42 Å². The molecule has 0 aliphatic heterocycles. The van der Waals surface area contributed by atoms with Gasteiger partial charge in [0.1, 0.15) is 5.52 Å². The Morgan fingerprint density at radius 1 is 0.826 bits per heavy atom. The van der Waals surface area contributed by atoms with Gasteiger partial charge in [-0.3, -0.25) is 0 Å². The molecule has 3 rings (SSSR count). The van der Waals surface area contributed by atoms with Crippen LogP contribution >= 0.6 is 0 Å². The first-order chi connectivity index (χ1) is 10.7. The van der Waals surface area contributed by atoms with Crippen molar-refractivity contribution >= 4 is 11.1 Å². The molecule has 0 atom stereocenters. The summed E-state index contributed by atoms with van der Waals surface area (Å²) in [5.41, 5.74) is 5.47. The summed E-state index contributed by atoms with van der Waals surface area (Å²) in [4.78, 5) is 4.76. The Kier molecular flexibility index (Phi) is 3.59. The first kappa shape index (κ1) is 15.8. The SMILES string of the molecule is CC(C)(C)c1cc(C(C)(C)C)c2o[13c](-c3ccccc3)nc2c1. The van der Waals surface area contributed by atoms with Gasteiger partial charge in [-0.05, 0) is 34.6 Å². The zero-order valence-corrected chi connectivity index (χ0v) is 14.9. The zero-order chi connectivity index (χ0) is 16.8. The lowest BCUT2D eigenvalue weighted by Crippen LogP contribution is -2.16. The van der Waals surface area contributed by atoms with E-state index >= 15 is 0 Å². The average molecular weight is 308 g/mol. The molecular formula is C21H25NO. The van der Waals surface area contributed by atoms with Gasteiger partial charge in [-0.2, -0.15) is 0 Å². The van der Waals surface area contributed by atoms with Crippen molar-refractivity contribution in [3.8, 4) is 11.5 Å². The van der Waals surface area contributed by atoms with Gasteiger partial charge in [-0.25, -0.2) is 4.98 Å². The number of rotatable bonds is 1. The standard InChI is InChI=1S/C21H25NO/c1-20(2,3)15-12-16(21(4,5)6)18-17(13-15)22-19(23-18)14-10-8-7-9-11-14/h7-13H,1-6H3/i19+1. The molecule has 1 heterocycles. The molecule has 23 heavy (non-hydrogen) atoms. The van der Waals surface area contributed by atoms with Gasteiger partial charge in [0.2, 0.25) is 5.89 Å². The van der Waals surface area contributed by atoms with Crippen molar-refractivity contribution in [3.05, 3.63) is 53.6 Å². The number of hydrogen-bond acceptors (Lipinski definition) is 2. The van der Waals surface area contributed by atoms with Crippen LogP contribution in [-0.2, 0) is 10.8 Å². The lowest BCUT2D eigenvalue weighted by molar-refractivity contribution is 0.552. The molecule has 1 aromatic heterocycles. The third kappa shape index (κ3) is 3.03. The Balaban J connectivity index is 2.28. The van der Waals surface area contributed by atoms with Gasteiger partial charge in [0.05, 0.1) is 0 Å². The number of oxazole rings is 1. The van der Waals surface area contributed by atoms with Gasteiger partial charge in [-0.1, -0.05) is 65.8 Å². The lowest BCUT2D eigenvalue weighted by Gasteiger charge is -2.24. The van der Waals surface area contributed by atoms with Crippen molar-refractivity contribution in [2.45, 2.75) is 52.4 Å². The van der Waals surface area contributed by atoms with Crippen molar-refractivity contribution in [2.75, 3.05) is 0 Å². The molecule has 2 aromatic carbocycles. The van der Waals surface area contributed by atoms with E-state index in [9.17, 15) is 0 Å². The highest BCUT2D eigenvalue weighted by Gasteiger charge is 2.25. The van der Waals surface area contributed by atoms with Gasteiger partial charge in [0.15, 0.2) is 5.58 Å². The van der Waals surface area contributed by atoms with Crippen LogP contribution in [0, 0.1) is 0 Å². The molecular weight excluding hydrogens is 283 g/mol. The quantitative estimate of drug-likeness (QED) is 0.543. The number of nitrogens with zero attached hydrogens (tertiary/aromatic N) is 1. The molecule has 3 aromatic rings. The Labute approximate surface area is 138 Å². The first-order valence-corrected chi connectivity index (χ1v) is 8.17. The summed E-state index contributed by atoms with van der Waals surface area (Å²) < 4.78 is 6.17. The van der Waals surface area contributed by atoms with E-state index in [1.165, 1.54) is 11.1 Å². The summed E-state index contributed by atoms with van der Waals surface area (Å²) in [5.74, 6) is 0.692. The van der Waals surface area contributed by atoms with Crippen LogP contribution < -0.4 is 0 Å². The monoisotopic (exact) mass is 308 g/mol. The van der Waals surface area contributed by atoms with Crippen molar-refractivity contribution in [3.63, 3.8) is 0 Å². The Bertz CT molecular complexity index is 830. The van der Waals surface area contributed by atoms with Crippen LogP contribution in [0.4, 0.5) is 0 Å². The molecule has 120 valence electrons. The maximum absolute atomic E-state index is 6.17. The van der Waals surface area contributed by atoms with E-state index in [0.29, 0.717) is 5.89 Å². The van der Waals surface area contributed by atoms with E-state index in [1.54, 1.807) is 0 Å². The van der Waals surface area contributed by atoms with E-state index in [4.69, 9.17) is 9.40 Å². The van der Waals surface area contributed by atoms with E-state index in [2.05, 4.69) is 53.7 Å². The Morgan fingerprint density at radius 3 is 2.04 bits per heavy atom. The molecule has 0 unspecified atom stereocenters. The minimum Gasteiger partial charge on any atom is -0.436 e. The highest BCUT2D eigenvalue weighted by Crippen LogP contribution is 2.37. The normalized spacial score (nSPS) is 12.8. The molecule has 0 N–H and O–H groups in total. The topological polar surface area (TPSA) is 26.0 Å². The van der Waals surface area contributed by atoms with Gasteiger partial charge in [0, 0.05) is 11.1 Å². The highest BCUT2D eigenvalue weighted by molar-refractivity contribution is 5.81. The summed E-state index contributed by atoms with van der Waals surface area (Å²) in [5, 5.41) is 0. The second kappa shape index (κ2) is 5.23. The number of hydrogen-bond donors (Lipinski definition) is 0. The van der Waals surface area contributed by atoms with Crippen LogP contribution in [0.2, 0.25) is 0 Å². The summed E-state index contributed by atoms with van der Waals surface area (Å²) >= 11 is 0. The molecule has 2 nitrogen and oxygen atoms in total. The molecule has 2 heteroatoms. The van der Waals surface area contributed by atoms with Gasteiger partial charge >= 0.3 is 0 Å². The van der Waals surface area contributed by atoms with Crippen LogP contribution in [0.15, 0.2) is 46.9 Å². The molecule has 0 saturated heterocycles.